The molecule has 1 N–H and O–H groups in total. The second-order valence-corrected chi connectivity index (χ2v) is 7.63. The fourth-order valence-electron chi connectivity index (χ4n) is 3.87. The Morgan fingerprint density at radius 3 is 2.97 bits per heavy atom. The van der Waals surface area contributed by atoms with Crippen LogP contribution in [0.3, 0.4) is 0 Å². The van der Waals surface area contributed by atoms with Gasteiger partial charge in [-0.25, -0.2) is 4.98 Å². The van der Waals surface area contributed by atoms with Crippen LogP contribution in [0.4, 0.5) is 11.6 Å². The zero-order valence-electron chi connectivity index (χ0n) is 16.6. The molecule has 0 bridgehead atoms. The van der Waals surface area contributed by atoms with E-state index in [4.69, 9.17) is 16.3 Å². The molecule has 2 amide bonds. The van der Waals surface area contributed by atoms with Gasteiger partial charge >= 0.3 is 0 Å². The summed E-state index contributed by atoms with van der Waals surface area (Å²) in [5.41, 5.74) is 2.49. The fraction of sp³-hybridized carbons (Fsp3) is 0.333. The fourth-order valence-corrected chi connectivity index (χ4v) is 4.03. The van der Waals surface area contributed by atoms with Crippen molar-refractivity contribution in [2.45, 2.75) is 18.9 Å². The van der Waals surface area contributed by atoms with Gasteiger partial charge in [0.05, 0.1) is 13.3 Å². The first-order valence-corrected chi connectivity index (χ1v) is 10.1. The van der Waals surface area contributed by atoms with Crippen LogP contribution >= 0.6 is 11.6 Å². The van der Waals surface area contributed by atoms with Crippen LogP contribution in [0.2, 0.25) is 5.02 Å². The van der Waals surface area contributed by atoms with Crippen LogP contribution in [-0.4, -0.2) is 59.5 Å². The Morgan fingerprint density at radius 1 is 1.37 bits per heavy atom. The summed E-state index contributed by atoms with van der Waals surface area (Å²) >= 11 is 5.96. The average Bonchev–Trinajstić information content (AvgIpc) is 3.40. The van der Waals surface area contributed by atoms with Crippen molar-refractivity contribution in [3.63, 3.8) is 0 Å². The molecular weight excluding hydrogens is 406 g/mol. The highest BCUT2D eigenvalue weighted by atomic mass is 35.5. The van der Waals surface area contributed by atoms with Crippen LogP contribution in [0.5, 0.6) is 5.88 Å². The molecule has 1 atom stereocenters. The minimum atomic E-state index is -0.123. The number of hydrogen-bond acceptors (Lipinski definition) is 6. The average molecular weight is 428 g/mol. The second-order valence-electron chi connectivity index (χ2n) is 7.22. The summed E-state index contributed by atoms with van der Waals surface area (Å²) in [7, 11) is 1.50. The van der Waals surface area contributed by atoms with E-state index in [2.05, 4.69) is 21.9 Å². The lowest BCUT2D eigenvalue weighted by Gasteiger charge is -2.19. The number of nitrogens with one attached hydrogen (secondary N) is 1. The lowest BCUT2D eigenvalue weighted by molar-refractivity contribution is -0.114. The molecule has 30 heavy (non-hydrogen) atoms. The molecule has 8 nitrogen and oxygen atoms in total. The number of methoxy groups -OCH3 is 1. The van der Waals surface area contributed by atoms with E-state index in [0.717, 1.165) is 24.1 Å². The van der Waals surface area contributed by atoms with Gasteiger partial charge in [-0.1, -0.05) is 18.2 Å². The van der Waals surface area contributed by atoms with Crippen LogP contribution in [-0.2, 0) is 11.2 Å². The molecule has 3 heterocycles. The van der Waals surface area contributed by atoms with Gasteiger partial charge in [0.1, 0.15) is 5.02 Å². The van der Waals surface area contributed by atoms with E-state index in [-0.39, 0.29) is 17.9 Å². The van der Waals surface area contributed by atoms with Crippen molar-refractivity contribution >= 4 is 35.1 Å². The lowest BCUT2D eigenvalue weighted by Crippen LogP contribution is -2.32. The zero-order valence-corrected chi connectivity index (χ0v) is 17.4. The number of rotatable bonds is 5. The van der Waals surface area contributed by atoms with E-state index in [1.807, 2.05) is 17.0 Å². The molecule has 1 saturated heterocycles. The van der Waals surface area contributed by atoms with Gasteiger partial charge in [0.25, 0.3) is 5.91 Å². The summed E-state index contributed by atoms with van der Waals surface area (Å²) in [6, 6.07) is 5.55. The third-order valence-corrected chi connectivity index (χ3v) is 5.64. The van der Waals surface area contributed by atoms with Crippen molar-refractivity contribution in [2.75, 3.05) is 37.0 Å². The molecule has 2 aromatic rings. The quantitative estimate of drug-likeness (QED) is 0.738. The molecule has 0 aliphatic carbocycles. The van der Waals surface area contributed by atoms with Crippen LogP contribution in [0, 0.1) is 0 Å². The summed E-state index contributed by atoms with van der Waals surface area (Å²) in [5.74, 6) is 0.579. The normalized spacial score (nSPS) is 17.6. The highest BCUT2D eigenvalue weighted by Crippen LogP contribution is 2.30. The number of aromatic nitrogens is 2. The van der Waals surface area contributed by atoms with E-state index in [0.29, 0.717) is 42.0 Å². The highest BCUT2D eigenvalue weighted by Gasteiger charge is 2.29. The Hall–Kier alpha value is -3.13. The van der Waals surface area contributed by atoms with Crippen LogP contribution < -0.4 is 15.0 Å². The minimum absolute atomic E-state index is 0.0230. The molecule has 156 valence electrons. The summed E-state index contributed by atoms with van der Waals surface area (Å²) in [5, 5.41) is 3.58. The Balaban J connectivity index is 1.42. The molecular formula is C21H22ClN5O3. The van der Waals surface area contributed by atoms with E-state index in [1.54, 1.807) is 11.0 Å². The number of halogens is 1. The Labute approximate surface area is 179 Å². The van der Waals surface area contributed by atoms with Crippen LogP contribution in [0.1, 0.15) is 22.3 Å². The van der Waals surface area contributed by atoms with Gasteiger partial charge in [0, 0.05) is 36.9 Å². The number of carbonyl (C=O) groups excluding carboxylic acids is 2. The number of ether oxygens (including phenoxy) is 1. The van der Waals surface area contributed by atoms with Crippen molar-refractivity contribution in [3.05, 3.63) is 53.2 Å². The van der Waals surface area contributed by atoms with Gasteiger partial charge < -0.3 is 19.9 Å². The summed E-state index contributed by atoms with van der Waals surface area (Å²) < 4.78 is 5.12. The van der Waals surface area contributed by atoms with Crippen LogP contribution in [0.25, 0.3) is 0 Å². The molecule has 0 radical (unpaired) electrons. The largest absolute Gasteiger partial charge is 0.480 e. The first kappa shape index (κ1) is 20.2. The number of carbonyl (C=O) groups is 2. The van der Waals surface area contributed by atoms with Crippen molar-refractivity contribution in [3.8, 4) is 5.88 Å². The number of amides is 2. The van der Waals surface area contributed by atoms with Gasteiger partial charge in [-0.05, 0) is 42.7 Å². The second kappa shape index (κ2) is 8.31. The monoisotopic (exact) mass is 427 g/mol. The third-order valence-electron chi connectivity index (χ3n) is 5.38. The SMILES string of the molecule is C=CC(=O)N1CCc2cc(C(=O)N3CC[C@@H](Nc4ncc(Cl)c(OC)n4)C3)ccc21. The van der Waals surface area contributed by atoms with Crippen molar-refractivity contribution < 1.29 is 14.3 Å². The van der Waals surface area contributed by atoms with E-state index < -0.39 is 0 Å². The maximum Gasteiger partial charge on any atom is 0.253 e. The topological polar surface area (TPSA) is 87.7 Å². The third kappa shape index (κ3) is 3.82. The number of benzene rings is 1. The Morgan fingerprint density at radius 2 is 2.20 bits per heavy atom. The predicted octanol–water partition coefficient (Wildman–Crippen LogP) is 2.54. The van der Waals surface area contributed by atoms with Gasteiger partial charge in [0.15, 0.2) is 0 Å². The first-order chi connectivity index (χ1) is 14.5. The van der Waals surface area contributed by atoms with Crippen molar-refractivity contribution in [1.29, 1.82) is 0 Å². The standard InChI is InChI=1S/C21H22ClN5O3/c1-3-18(28)27-9-6-13-10-14(4-5-17(13)27)20(29)26-8-7-15(12-26)24-21-23-11-16(22)19(25-21)30-2/h3-5,10-11,15H,1,6-9,12H2,2H3,(H,23,24,25)/t15-/m1/s1. The van der Waals surface area contributed by atoms with E-state index >= 15 is 0 Å². The lowest BCUT2D eigenvalue weighted by atomic mass is 10.1. The molecule has 0 saturated carbocycles. The van der Waals surface area contributed by atoms with Gasteiger partial charge in [0.2, 0.25) is 17.7 Å². The van der Waals surface area contributed by atoms with Crippen molar-refractivity contribution in [1.82, 2.24) is 14.9 Å². The number of hydrogen-bond donors (Lipinski definition) is 1. The Bertz CT molecular complexity index is 1010. The van der Waals surface area contributed by atoms with Gasteiger partial charge in [-0.2, -0.15) is 4.98 Å². The van der Waals surface area contributed by atoms with Gasteiger partial charge in [-0.15, -0.1) is 0 Å². The smallest absolute Gasteiger partial charge is 0.253 e. The summed E-state index contributed by atoms with van der Waals surface area (Å²) in [6.07, 6.45) is 4.31. The zero-order chi connectivity index (χ0) is 21.3. The first-order valence-electron chi connectivity index (χ1n) is 9.69. The molecule has 0 spiro atoms. The van der Waals surface area contributed by atoms with Crippen molar-refractivity contribution in [2.24, 2.45) is 0 Å². The summed E-state index contributed by atoms with van der Waals surface area (Å²) in [4.78, 5) is 36.8. The molecule has 4 rings (SSSR count). The minimum Gasteiger partial charge on any atom is -0.480 e. The number of fused-ring (bicyclic) bond motifs is 1. The van der Waals surface area contributed by atoms with Crippen LogP contribution in [0.15, 0.2) is 37.1 Å². The maximum atomic E-state index is 13.0. The Kier molecular flexibility index (Phi) is 5.59. The van der Waals surface area contributed by atoms with E-state index in [1.165, 1.54) is 19.4 Å². The molecule has 1 aromatic carbocycles. The molecule has 2 aliphatic heterocycles. The molecule has 9 heteroatoms. The number of nitrogens with zero attached hydrogens (tertiary/aromatic N) is 4. The van der Waals surface area contributed by atoms with E-state index in [9.17, 15) is 9.59 Å². The number of likely N-dealkylation sites (tertiary alicyclic amines) is 1. The summed E-state index contributed by atoms with van der Waals surface area (Å²) in [6.45, 7) is 5.34. The molecule has 2 aliphatic rings. The maximum absolute atomic E-state index is 13.0. The van der Waals surface area contributed by atoms with Gasteiger partial charge in [-0.3, -0.25) is 9.59 Å². The molecule has 0 unspecified atom stereocenters. The molecule has 1 aromatic heterocycles. The molecule has 1 fully saturated rings. The highest BCUT2D eigenvalue weighted by molar-refractivity contribution is 6.31. The predicted molar refractivity (Wildman–Crippen MR) is 114 cm³/mol. The number of anilines is 2.